The largest absolute Gasteiger partial charge is 0.493 e. The number of hydrogen-bond acceptors (Lipinski definition) is 7. The van der Waals surface area contributed by atoms with Gasteiger partial charge >= 0.3 is 0 Å². The number of fused-ring (bicyclic) bond motifs is 1. The quantitative estimate of drug-likeness (QED) is 0.465. The summed E-state index contributed by atoms with van der Waals surface area (Å²) in [5.41, 5.74) is 2.11. The maximum atomic E-state index is 5.57. The molecule has 0 unspecified atom stereocenters. The van der Waals surface area contributed by atoms with Gasteiger partial charge in [0.2, 0.25) is 5.75 Å². The lowest BCUT2D eigenvalue weighted by Crippen LogP contribution is -2.05. The van der Waals surface area contributed by atoms with Gasteiger partial charge in [-0.3, -0.25) is 0 Å². The van der Waals surface area contributed by atoms with E-state index in [1.54, 1.807) is 39.0 Å². The Morgan fingerprint density at radius 1 is 0.897 bits per heavy atom. The molecule has 0 aliphatic carbocycles. The molecule has 0 radical (unpaired) electrons. The molecule has 4 aromatic rings. The van der Waals surface area contributed by atoms with Crippen LogP contribution in [0, 0.1) is 0 Å². The van der Waals surface area contributed by atoms with E-state index in [0.717, 1.165) is 26.5 Å². The third kappa shape index (κ3) is 3.69. The van der Waals surface area contributed by atoms with Crippen molar-refractivity contribution in [3.8, 4) is 27.7 Å². The first-order chi connectivity index (χ1) is 14.2. The first-order valence-electron chi connectivity index (χ1n) is 9.06. The van der Waals surface area contributed by atoms with E-state index >= 15 is 0 Å². The molecule has 0 atom stereocenters. The lowest BCUT2D eigenvalue weighted by atomic mass is 10.1. The van der Waals surface area contributed by atoms with Gasteiger partial charge in [0.05, 0.1) is 26.7 Å². The molecular formula is C22H21N3O3S. The van der Waals surface area contributed by atoms with Crippen LogP contribution >= 0.6 is 11.3 Å². The zero-order valence-electron chi connectivity index (χ0n) is 16.4. The van der Waals surface area contributed by atoms with Crippen molar-refractivity contribution in [2.75, 3.05) is 26.6 Å². The average Bonchev–Trinajstić information content (AvgIpc) is 3.22. The van der Waals surface area contributed by atoms with Crippen LogP contribution in [-0.4, -0.2) is 31.3 Å². The summed E-state index contributed by atoms with van der Waals surface area (Å²) in [6, 6.07) is 16.2. The van der Waals surface area contributed by atoms with Gasteiger partial charge in [-0.05, 0) is 23.8 Å². The zero-order chi connectivity index (χ0) is 20.2. The fraction of sp³-hybridized carbons (Fsp3) is 0.182. The first kappa shape index (κ1) is 19.0. The molecule has 1 N–H and O–H groups in total. The molecule has 4 rings (SSSR count). The second-order valence-electron chi connectivity index (χ2n) is 6.26. The molecule has 0 aliphatic rings. The van der Waals surface area contributed by atoms with Crippen molar-refractivity contribution >= 4 is 27.4 Å². The van der Waals surface area contributed by atoms with Crippen LogP contribution in [0.2, 0.25) is 0 Å². The second kappa shape index (κ2) is 8.36. The molecule has 0 spiro atoms. The van der Waals surface area contributed by atoms with Crippen LogP contribution in [0.4, 0.5) is 5.82 Å². The minimum Gasteiger partial charge on any atom is -0.493 e. The highest BCUT2D eigenvalue weighted by atomic mass is 32.1. The fourth-order valence-corrected chi connectivity index (χ4v) is 4.23. The Balaban J connectivity index is 1.65. The lowest BCUT2D eigenvalue weighted by Gasteiger charge is -2.16. The van der Waals surface area contributed by atoms with Gasteiger partial charge in [-0.15, -0.1) is 11.3 Å². The lowest BCUT2D eigenvalue weighted by molar-refractivity contribution is 0.322. The monoisotopic (exact) mass is 407 g/mol. The van der Waals surface area contributed by atoms with E-state index in [1.165, 1.54) is 5.56 Å². The van der Waals surface area contributed by atoms with Gasteiger partial charge in [-0.1, -0.05) is 30.3 Å². The van der Waals surface area contributed by atoms with Gasteiger partial charge in [0.15, 0.2) is 11.5 Å². The van der Waals surface area contributed by atoms with Crippen LogP contribution in [0.3, 0.4) is 0 Å². The number of thiophene rings is 1. The molecule has 0 aliphatic heterocycles. The van der Waals surface area contributed by atoms with E-state index in [4.69, 9.17) is 14.2 Å². The van der Waals surface area contributed by atoms with E-state index in [1.807, 2.05) is 30.3 Å². The summed E-state index contributed by atoms with van der Waals surface area (Å²) in [5, 5.41) is 4.41. The van der Waals surface area contributed by atoms with Gasteiger partial charge in [0.1, 0.15) is 17.0 Å². The van der Waals surface area contributed by atoms with Crippen LogP contribution in [0.15, 0.2) is 54.9 Å². The Morgan fingerprint density at radius 2 is 1.69 bits per heavy atom. The van der Waals surface area contributed by atoms with Crippen molar-refractivity contribution in [3.63, 3.8) is 0 Å². The highest BCUT2D eigenvalue weighted by molar-refractivity contribution is 7.21. The topological polar surface area (TPSA) is 65.5 Å². The molecular weight excluding hydrogens is 386 g/mol. The van der Waals surface area contributed by atoms with Crippen molar-refractivity contribution in [1.82, 2.24) is 9.97 Å². The van der Waals surface area contributed by atoms with Crippen molar-refractivity contribution in [3.05, 3.63) is 60.4 Å². The third-order valence-corrected chi connectivity index (χ3v) is 5.71. The van der Waals surface area contributed by atoms with Crippen molar-refractivity contribution < 1.29 is 14.2 Å². The van der Waals surface area contributed by atoms with Gasteiger partial charge < -0.3 is 19.5 Å². The minimum atomic E-state index is 0.520. The van der Waals surface area contributed by atoms with E-state index in [9.17, 15) is 0 Å². The Labute approximate surface area is 173 Å². The number of anilines is 1. The highest BCUT2D eigenvalue weighted by Gasteiger charge is 2.16. The first-order valence-corrected chi connectivity index (χ1v) is 9.88. The minimum absolute atomic E-state index is 0.520. The van der Waals surface area contributed by atoms with Crippen molar-refractivity contribution in [1.29, 1.82) is 0 Å². The van der Waals surface area contributed by atoms with E-state index in [0.29, 0.717) is 23.8 Å². The Hall–Kier alpha value is -3.32. The van der Waals surface area contributed by atoms with Crippen LogP contribution in [0.5, 0.6) is 17.2 Å². The highest BCUT2D eigenvalue weighted by Crippen LogP contribution is 2.40. The molecule has 7 heteroatoms. The molecule has 0 saturated heterocycles. The predicted molar refractivity (Wildman–Crippen MR) is 116 cm³/mol. The number of methoxy groups -OCH3 is 3. The second-order valence-corrected chi connectivity index (χ2v) is 7.30. The molecule has 2 aromatic heterocycles. The average molecular weight is 407 g/mol. The summed E-state index contributed by atoms with van der Waals surface area (Å²) >= 11 is 1.65. The number of nitrogens with zero attached hydrogens (tertiary/aromatic N) is 2. The molecule has 6 nitrogen and oxygen atoms in total. The van der Waals surface area contributed by atoms with Gasteiger partial charge in [-0.25, -0.2) is 9.97 Å². The van der Waals surface area contributed by atoms with Crippen LogP contribution in [0.25, 0.3) is 20.7 Å². The normalized spacial score (nSPS) is 10.7. The molecule has 0 fully saturated rings. The zero-order valence-corrected chi connectivity index (χ0v) is 17.2. The smallest absolute Gasteiger partial charge is 0.203 e. The molecule has 0 amide bonds. The summed E-state index contributed by atoms with van der Waals surface area (Å²) in [7, 11) is 4.82. The summed E-state index contributed by atoms with van der Waals surface area (Å²) in [6.07, 6.45) is 1.59. The number of aromatic nitrogens is 2. The number of nitrogens with one attached hydrogen (secondary N) is 1. The van der Waals surface area contributed by atoms with Crippen molar-refractivity contribution in [2.45, 2.75) is 6.54 Å². The van der Waals surface area contributed by atoms with Crippen LogP contribution in [-0.2, 0) is 6.54 Å². The number of rotatable bonds is 7. The molecule has 148 valence electrons. The van der Waals surface area contributed by atoms with E-state index in [-0.39, 0.29) is 0 Å². The SMILES string of the molecule is COc1ccc(CNc2ncnc3sc(-c4ccccc4)cc23)c(OC)c1OC. The fourth-order valence-electron chi connectivity index (χ4n) is 3.22. The van der Waals surface area contributed by atoms with Crippen LogP contribution in [0.1, 0.15) is 5.56 Å². The number of ether oxygens (including phenoxy) is 3. The van der Waals surface area contributed by atoms with Gasteiger partial charge in [0.25, 0.3) is 0 Å². The molecule has 2 heterocycles. The summed E-state index contributed by atoms with van der Waals surface area (Å²) < 4.78 is 16.4. The predicted octanol–water partition coefficient (Wildman–Crippen LogP) is 5.00. The van der Waals surface area contributed by atoms with E-state index in [2.05, 4.69) is 33.5 Å². The Kier molecular flexibility index (Phi) is 5.48. The summed E-state index contributed by atoms with van der Waals surface area (Å²) in [5.74, 6) is 2.62. The Morgan fingerprint density at radius 3 is 2.41 bits per heavy atom. The summed E-state index contributed by atoms with van der Waals surface area (Å²) in [6.45, 7) is 0.520. The van der Waals surface area contributed by atoms with Crippen LogP contribution < -0.4 is 19.5 Å². The molecule has 2 aromatic carbocycles. The molecule has 29 heavy (non-hydrogen) atoms. The number of benzene rings is 2. The molecule has 0 bridgehead atoms. The third-order valence-electron chi connectivity index (χ3n) is 4.62. The maximum absolute atomic E-state index is 5.57. The number of hydrogen-bond donors (Lipinski definition) is 1. The Bertz CT molecular complexity index is 1130. The molecule has 0 saturated carbocycles. The van der Waals surface area contributed by atoms with Crippen molar-refractivity contribution in [2.24, 2.45) is 0 Å². The van der Waals surface area contributed by atoms with Gasteiger partial charge in [0, 0.05) is 17.0 Å². The standard InChI is InChI=1S/C22H21N3O3S/c1-26-17-10-9-15(19(27-2)20(17)28-3)12-23-21-16-11-18(14-7-5-4-6-8-14)29-22(16)25-13-24-21/h4-11,13H,12H2,1-3H3,(H,23,24,25). The maximum Gasteiger partial charge on any atom is 0.203 e. The summed E-state index contributed by atoms with van der Waals surface area (Å²) in [4.78, 5) is 11.0. The van der Waals surface area contributed by atoms with E-state index < -0.39 is 0 Å². The van der Waals surface area contributed by atoms with Gasteiger partial charge in [-0.2, -0.15) is 0 Å².